The highest BCUT2D eigenvalue weighted by Crippen LogP contribution is 2.28. The quantitative estimate of drug-likeness (QED) is 0.456. The van der Waals surface area contributed by atoms with Crippen molar-refractivity contribution in [1.82, 2.24) is 15.6 Å². The van der Waals surface area contributed by atoms with Gasteiger partial charge in [0.15, 0.2) is 0 Å². The summed E-state index contributed by atoms with van der Waals surface area (Å²) in [6.45, 7) is 5.81. The van der Waals surface area contributed by atoms with Gasteiger partial charge in [0, 0.05) is 25.5 Å². The molecule has 5 heteroatoms. The summed E-state index contributed by atoms with van der Waals surface area (Å²) in [5.41, 5.74) is 5.55. The molecule has 3 aromatic rings. The largest absolute Gasteiger partial charge is 0.342 e. The lowest BCUT2D eigenvalue weighted by atomic mass is 9.88. The van der Waals surface area contributed by atoms with E-state index in [4.69, 9.17) is 5.26 Å². The monoisotopic (exact) mass is 426 g/mol. The predicted octanol–water partition coefficient (Wildman–Crippen LogP) is 4.81. The average molecular weight is 427 g/mol. The van der Waals surface area contributed by atoms with E-state index in [2.05, 4.69) is 71.9 Å². The van der Waals surface area contributed by atoms with Gasteiger partial charge in [-0.05, 0) is 46.2 Å². The van der Waals surface area contributed by atoms with Gasteiger partial charge in [0.1, 0.15) is 6.54 Å². The van der Waals surface area contributed by atoms with Gasteiger partial charge in [-0.25, -0.2) is 0 Å². The number of benzene rings is 2. The molecule has 1 amide bonds. The smallest absolute Gasteiger partial charge is 0.228 e. The molecule has 2 N–H and O–H groups in total. The highest BCUT2D eigenvalue weighted by atomic mass is 16.1. The lowest BCUT2D eigenvalue weighted by Crippen LogP contribution is -2.30. The van der Waals surface area contributed by atoms with E-state index in [0.29, 0.717) is 5.92 Å². The van der Waals surface area contributed by atoms with E-state index in [1.54, 1.807) is 6.20 Å². The van der Waals surface area contributed by atoms with E-state index < -0.39 is 0 Å². The molecule has 0 bridgehead atoms. The Morgan fingerprint density at radius 2 is 1.78 bits per heavy atom. The molecule has 0 spiro atoms. The van der Waals surface area contributed by atoms with Crippen LogP contribution in [0.4, 0.5) is 0 Å². The first-order valence-corrected chi connectivity index (χ1v) is 11.0. The fraction of sp³-hybridized carbons (Fsp3) is 0.296. The van der Waals surface area contributed by atoms with Gasteiger partial charge in [-0.2, -0.15) is 5.26 Å². The van der Waals surface area contributed by atoms with Crippen LogP contribution >= 0.6 is 0 Å². The number of amides is 1. The van der Waals surface area contributed by atoms with Crippen molar-refractivity contribution in [1.29, 1.82) is 5.26 Å². The summed E-state index contributed by atoms with van der Waals surface area (Å²) in [5, 5.41) is 15.0. The first kappa shape index (κ1) is 23.2. The van der Waals surface area contributed by atoms with Crippen LogP contribution in [0.1, 0.15) is 42.9 Å². The standard InChI is InChI=1S/C27H30N4O/c1-20(2)15-26(27(32)31-14-12-28)25-7-3-6-24(16-25)23-10-8-21(9-11-23)17-30-19-22-5-4-13-29-18-22/h3-11,13,16,18,20,26,30H,14-15,17,19H2,1-2H3,(H,31,32)/t26-/m1/s1. The van der Waals surface area contributed by atoms with Crippen molar-refractivity contribution in [2.24, 2.45) is 5.92 Å². The van der Waals surface area contributed by atoms with Crippen molar-refractivity contribution in [2.75, 3.05) is 6.54 Å². The number of rotatable bonds is 10. The van der Waals surface area contributed by atoms with Crippen molar-refractivity contribution in [3.05, 3.63) is 89.7 Å². The summed E-state index contributed by atoms with van der Waals surface area (Å²) in [7, 11) is 0. The fourth-order valence-electron chi connectivity index (χ4n) is 3.72. The van der Waals surface area contributed by atoms with Crippen LogP contribution in [0.5, 0.6) is 0 Å². The number of aromatic nitrogens is 1. The number of nitriles is 1. The van der Waals surface area contributed by atoms with Gasteiger partial charge in [-0.1, -0.05) is 68.4 Å². The maximum absolute atomic E-state index is 12.7. The van der Waals surface area contributed by atoms with Gasteiger partial charge in [-0.3, -0.25) is 9.78 Å². The number of nitrogens with zero attached hydrogens (tertiary/aromatic N) is 2. The molecule has 0 saturated heterocycles. The number of nitrogens with one attached hydrogen (secondary N) is 2. The Balaban J connectivity index is 1.69. The Hall–Kier alpha value is -3.49. The van der Waals surface area contributed by atoms with Crippen LogP contribution in [0.25, 0.3) is 11.1 Å². The Morgan fingerprint density at radius 3 is 2.47 bits per heavy atom. The number of hydrogen-bond donors (Lipinski definition) is 2. The summed E-state index contributed by atoms with van der Waals surface area (Å²) < 4.78 is 0. The summed E-state index contributed by atoms with van der Waals surface area (Å²) >= 11 is 0. The van der Waals surface area contributed by atoms with E-state index >= 15 is 0 Å². The third-order valence-corrected chi connectivity index (χ3v) is 5.32. The molecule has 0 radical (unpaired) electrons. The van der Waals surface area contributed by atoms with Gasteiger partial charge in [0.2, 0.25) is 5.91 Å². The highest BCUT2D eigenvalue weighted by molar-refractivity contribution is 5.84. The second-order valence-corrected chi connectivity index (χ2v) is 8.35. The van der Waals surface area contributed by atoms with E-state index in [-0.39, 0.29) is 18.4 Å². The molecule has 0 aliphatic carbocycles. The molecule has 0 saturated carbocycles. The molecule has 1 heterocycles. The average Bonchev–Trinajstić information content (AvgIpc) is 2.82. The zero-order valence-electron chi connectivity index (χ0n) is 18.7. The van der Waals surface area contributed by atoms with Crippen LogP contribution in [0.2, 0.25) is 0 Å². The first-order chi connectivity index (χ1) is 15.6. The molecular formula is C27H30N4O. The van der Waals surface area contributed by atoms with Crippen molar-refractivity contribution in [2.45, 2.75) is 39.3 Å². The Labute approximate surface area is 190 Å². The first-order valence-electron chi connectivity index (χ1n) is 11.0. The molecule has 5 nitrogen and oxygen atoms in total. The maximum atomic E-state index is 12.7. The van der Waals surface area contributed by atoms with Gasteiger partial charge in [-0.15, -0.1) is 0 Å². The molecule has 0 unspecified atom stereocenters. The van der Waals surface area contributed by atoms with Crippen LogP contribution in [0.3, 0.4) is 0 Å². The molecule has 1 aromatic heterocycles. The van der Waals surface area contributed by atoms with E-state index in [1.807, 2.05) is 30.5 Å². The molecule has 0 aliphatic rings. The number of pyridine rings is 1. The fourth-order valence-corrected chi connectivity index (χ4v) is 3.72. The number of carbonyl (C=O) groups excluding carboxylic acids is 1. The van der Waals surface area contributed by atoms with Gasteiger partial charge in [0.05, 0.1) is 12.0 Å². The molecule has 3 rings (SSSR count). The summed E-state index contributed by atoms with van der Waals surface area (Å²) in [5.74, 6) is 0.0154. The second-order valence-electron chi connectivity index (χ2n) is 8.35. The van der Waals surface area contributed by atoms with E-state index in [1.165, 1.54) is 5.56 Å². The number of hydrogen-bond acceptors (Lipinski definition) is 4. The van der Waals surface area contributed by atoms with Crippen molar-refractivity contribution < 1.29 is 4.79 Å². The predicted molar refractivity (Wildman–Crippen MR) is 127 cm³/mol. The molecule has 0 aliphatic heterocycles. The zero-order valence-corrected chi connectivity index (χ0v) is 18.7. The van der Waals surface area contributed by atoms with Crippen LogP contribution in [0.15, 0.2) is 73.1 Å². The van der Waals surface area contributed by atoms with Crippen molar-refractivity contribution >= 4 is 5.91 Å². The molecule has 164 valence electrons. The van der Waals surface area contributed by atoms with Crippen LogP contribution in [0, 0.1) is 17.2 Å². The second kappa shape index (κ2) is 11.8. The molecule has 32 heavy (non-hydrogen) atoms. The van der Waals surface area contributed by atoms with Gasteiger partial charge in [0.25, 0.3) is 0 Å². The lowest BCUT2D eigenvalue weighted by Gasteiger charge is -2.19. The highest BCUT2D eigenvalue weighted by Gasteiger charge is 2.22. The Bertz CT molecular complexity index is 1040. The topological polar surface area (TPSA) is 77.8 Å². The van der Waals surface area contributed by atoms with Crippen LogP contribution in [-0.4, -0.2) is 17.4 Å². The summed E-state index contributed by atoms with van der Waals surface area (Å²) in [6, 6.07) is 22.6. The Kier molecular flexibility index (Phi) is 8.53. The summed E-state index contributed by atoms with van der Waals surface area (Å²) in [4.78, 5) is 16.8. The minimum Gasteiger partial charge on any atom is -0.342 e. The van der Waals surface area contributed by atoms with Crippen molar-refractivity contribution in [3.8, 4) is 17.2 Å². The van der Waals surface area contributed by atoms with Crippen molar-refractivity contribution in [3.63, 3.8) is 0 Å². The third kappa shape index (κ3) is 6.76. The van der Waals surface area contributed by atoms with E-state index in [9.17, 15) is 4.79 Å². The van der Waals surface area contributed by atoms with E-state index in [0.717, 1.165) is 41.8 Å². The minimum absolute atomic E-state index is 0.0312. The van der Waals surface area contributed by atoms with Crippen LogP contribution in [-0.2, 0) is 17.9 Å². The normalized spacial score (nSPS) is 11.7. The lowest BCUT2D eigenvalue weighted by molar-refractivity contribution is -0.122. The van der Waals surface area contributed by atoms with Crippen LogP contribution < -0.4 is 10.6 Å². The Morgan fingerprint density at radius 1 is 1.00 bits per heavy atom. The zero-order chi connectivity index (χ0) is 22.8. The third-order valence-electron chi connectivity index (χ3n) is 5.32. The number of carbonyl (C=O) groups is 1. The SMILES string of the molecule is CC(C)C[C@@H](C(=O)NCC#N)c1cccc(-c2ccc(CNCc3cccnc3)cc2)c1. The molecule has 1 atom stereocenters. The minimum atomic E-state index is -0.265. The van der Waals surface area contributed by atoms with Gasteiger partial charge >= 0.3 is 0 Å². The van der Waals surface area contributed by atoms with Gasteiger partial charge < -0.3 is 10.6 Å². The summed E-state index contributed by atoms with van der Waals surface area (Å²) in [6.07, 6.45) is 4.39. The molecule has 0 fully saturated rings. The molecule has 2 aromatic carbocycles. The maximum Gasteiger partial charge on any atom is 0.228 e. The molecular weight excluding hydrogens is 396 g/mol.